The molecule has 0 unspecified atom stereocenters. The summed E-state index contributed by atoms with van der Waals surface area (Å²) in [5.41, 5.74) is 1.39. The number of carbonyl (C=O) groups excluding carboxylic acids is 2. The van der Waals surface area contributed by atoms with Crippen LogP contribution in [-0.4, -0.2) is 34.0 Å². The van der Waals surface area contributed by atoms with Gasteiger partial charge in [-0.15, -0.1) is 0 Å². The van der Waals surface area contributed by atoms with Crippen molar-refractivity contribution in [2.24, 2.45) is 5.92 Å². The number of halogens is 3. The molecule has 1 aliphatic carbocycles. The number of benzene rings is 2. The molecule has 5 nitrogen and oxygen atoms in total. The Bertz CT molecular complexity index is 1090. The van der Waals surface area contributed by atoms with E-state index in [9.17, 15) is 27.9 Å². The van der Waals surface area contributed by atoms with Crippen molar-refractivity contribution in [3.63, 3.8) is 0 Å². The quantitative estimate of drug-likeness (QED) is 0.707. The molecule has 2 aromatic rings. The predicted octanol–water partition coefficient (Wildman–Crippen LogP) is 4.05. The molecule has 33 heavy (non-hydrogen) atoms. The number of fused-ring (bicyclic) bond motifs is 1. The Morgan fingerprint density at radius 1 is 1.12 bits per heavy atom. The van der Waals surface area contributed by atoms with E-state index in [4.69, 9.17) is 0 Å². The van der Waals surface area contributed by atoms with Gasteiger partial charge >= 0.3 is 6.18 Å². The summed E-state index contributed by atoms with van der Waals surface area (Å²) >= 11 is 0. The lowest BCUT2D eigenvalue weighted by molar-refractivity contribution is -0.148. The van der Waals surface area contributed by atoms with Crippen LogP contribution in [0.1, 0.15) is 48.9 Å². The molecule has 176 valence electrons. The zero-order chi connectivity index (χ0) is 24.0. The molecule has 2 amide bonds. The van der Waals surface area contributed by atoms with Crippen LogP contribution in [0.2, 0.25) is 0 Å². The van der Waals surface area contributed by atoms with Gasteiger partial charge in [-0.3, -0.25) is 9.59 Å². The largest absolute Gasteiger partial charge is 0.416 e. The fourth-order valence-corrected chi connectivity index (χ4v) is 4.27. The monoisotopic (exact) mass is 460 g/mol. The minimum Gasteiger partial charge on any atom is -0.381 e. The molecule has 1 heterocycles. The molecule has 8 heteroatoms. The van der Waals surface area contributed by atoms with Crippen LogP contribution in [0.15, 0.2) is 36.4 Å². The number of nitrogens with one attached hydrogen (secondary N) is 1. The summed E-state index contributed by atoms with van der Waals surface area (Å²) < 4.78 is 39.8. The smallest absolute Gasteiger partial charge is 0.381 e. The third kappa shape index (κ3) is 5.05. The average molecular weight is 460 g/mol. The van der Waals surface area contributed by atoms with E-state index in [-0.39, 0.29) is 24.9 Å². The van der Waals surface area contributed by atoms with Crippen molar-refractivity contribution in [1.82, 2.24) is 10.2 Å². The third-order valence-electron chi connectivity index (χ3n) is 6.22. The van der Waals surface area contributed by atoms with Crippen LogP contribution in [0, 0.1) is 5.92 Å². The van der Waals surface area contributed by atoms with Crippen LogP contribution in [0.3, 0.4) is 0 Å². The van der Waals surface area contributed by atoms with Crippen LogP contribution < -0.4 is 5.32 Å². The summed E-state index contributed by atoms with van der Waals surface area (Å²) in [5.74, 6) is -0.366. The molecule has 2 aliphatic rings. The number of alkyl halides is 3. The lowest BCUT2D eigenvalue weighted by atomic mass is 9.86. The molecule has 0 atom stereocenters. The summed E-state index contributed by atoms with van der Waals surface area (Å²) in [6.45, 7) is 3.71. The minimum atomic E-state index is -4.45. The van der Waals surface area contributed by atoms with Crippen LogP contribution in [-0.2, 0) is 35.3 Å². The van der Waals surface area contributed by atoms with Crippen molar-refractivity contribution in [1.29, 1.82) is 0 Å². The van der Waals surface area contributed by atoms with E-state index in [1.807, 2.05) is 0 Å². The number of rotatable bonds is 5. The molecule has 1 saturated carbocycles. The number of nitrogens with zero attached hydrogens (tertiary/aromatic N) is 1. The minimum absolute atomic E-state index is 0.00839. The number of aliphatic hydroxyl groups is 1. The Hall–Kier alpha value is -2.87. The van der Waals surface area contributed by atoms with Gasteiger partial charge in [0.05, 0.1) is 5.56 Å². The molecule has 2 N–H and O–H groups in total. The Labute approximate surface area is 190 Å². The molecule has 0 radical (unpaired) electrons. The molecule has 2 aromatic carbocycles. The Morgan fingerprint density at radius 3 is 2.48 bits per heavy atom. The molecule has 1 fully saturated rings. The fraction of sp³-hybridized carbons (Fsp3) is 0.440. The van der Waals surface area contributed by atoms with Gasteiger partial charge in [-0.05, 0) is 73.1 Å². The van der Waals surface area contributed by atoms with Crippen molar-refractivity contribution in [2.45, 2.75) is 58.0 Å². The van der Waals surface area contributed by atoms with Gasteiger partial charge in [0.2, 0.25) is 5.91 Å². The average Bonchev–Trinajstić information content (AvgIpc) is 3.60. The highest BCUT2D eigenvalue weighted by molar-refractivity contribution is 5.85. The number of hydrogen-bond acceptors (Lipinski definition) is 3. The second-order valence-corrected chi connectivity index (χ2v) is 9.34. The predicted molar refractivity (Wildman–Crippen MR) is 117 cm³/mol. The maximum Gasteiger partial charge on any atom is 0.416 e. The van der Waals surface area contributed by atoms with Crippen LogP contribution in [0.5, 0.6) is 0 Å². The molecule has 0 bridgehead atoms. The van der Waals surface area contributed by atoms with Crippen molar-refractivity contribution in [3.8, 4) is 11.1 Å². The standard InChI is InChI=1S/C25H27F3N2O3/c1-24(2,33)23(32)30-11-10-20-19(16-4-3-5-18(12-16)25(26,27)28)9-8-17(21(20)14-30)13-29-22(31)15-6-7-15/h3-5,8-9,12,15,33H,6-7,10-11,13-14H2,1-2H3,(H,29,31). The van der Waals surface area contributed by atoms with Crippen molar-refractivity contribution in [3.05, 3.63) is 58.7 Å². The zero-order valence-corrected chi connectivity index (χ0v) is 18.6. The summed E-state index contributed by atoms with van der Waals surface area (Å²) in [6, 6.07) is 8.81. The van der Waals surface area contributed by atoms with E-state index in [2.05, 4.69) is 5.32 Å². The third-order valence-corrected chi connectivity index (χ3v) is 6.22. The lowest BCUT2D eigenvalue weighted by Crippen LogP contribution is -2.47. The van der Waals surface area contributed by atoms with Gasteiger partial charge in [-0.1, -0.05) is 24.3 Å². The number of hydrogen-bond donors (Lipinski definition) is 2. The summed E-state index contributed by atoms with van der Waals surface area (Å²) in [4.78, 5) is 26.4. The maximum absolute atomic E-state index is 13.3. The van der Waals surface area contributed by atoms with Gasteiger partial charge < -0.3 is 15.3 Å². The first-order valence-electron chi connectivity index (χ1n) is 11.1. The van der Waals surface area contributed by atoms with Crippen LogP contribution in [0.4, 0.5) is 13.2 Å². The maximum atomic E-state index is 13.3. The Balaban J connectivity index is 1.72. The van der Waals surface area contributed by atoms with E-state index in [0.29, 0.717) is 24.1 Å². The van der Waals surface area contributed by atoms with Crippen LogP contribution in [0.25, 0.3) is 11.1 Å². The molecule has 1 aliphatic heterocycles. The van der Waals surface area contributed by atoms with Crippen molar-refractivity contribution in [2.75, 3.05) is 6.54 Å². The number of amides is 2. The molecule has 0 spiro atoms. The zero-order valence-electron chi connectivity index (χ0n) is 18.6. The molecule has 0 aromatic heterocycles. The summed E-state index contributed by atoms with van der Waals surface area (Å²) in [6.07, 6.45) is -2.25. The molecule has 0 saturated heterocycles. The second kappa shape index (κ2) is 8.48. The van der Waals surface area contributed by atoms with E-state index in [0.717, 1.165) is 41.7 Å². The normalized spacial score (nSPS) is 16.4. The van der Waals surface area contributed by atoms with E-state index >= 15 is 0 Å². The first-order chi connectivity index (χ1) is 15.4. The molecule has 4 rings (SSSR count). The highest BCUT2D eigenvalue weighted by Crippen LogP contribution is 2.37. The van der Waals surface area contributed by atoms with Gasteiger partial charge in [-0.2, -0.15) is 13.2 Å². The SMILES string of the molecule is CC(C)(O)C(=O)N1CCc2c(-c3cccc(C(F)(F)F)c3)ccc(CNC(=O)C3CC3)c2C1. The molecular formula is C25H27F3N2O3. The summed E-state index contributed by atoms with van der Waals surface area (Å²) in [7, 11) is 0. The first kappa shape index (κ1) is 23.3. The highest BCUT2D eigenvalue weighted by atomic mass is 19.4. The topological polar surface area (TPSA) is 69.6 Å². The summed E-state index contributed by atoms with van der Waals surface area (Å²) in [5, 5.41) is 13.1. The lowest BCUT2D eigenvalue weighted by Gasteiger charge is -2.35. The van der Waals surface area contributed by atoms with Crippen molar-refractivity contribution >= 4 is 11.8 Å². The number of carbonyl (C=O) groups is 2. The second-order valence-electron chi connectivity index (χ2n) is 9.34. The van der Waals surface area contributed by atoms with Gasteiger partial charge in [0.1, 0.15) is 5.60 Å². The fourth-order valence-electron chi connectivity index (χ4n) is 4.27. The van der Waals surface area contributed by atoms with Crippen molar-refractivity contribution < 1.29 is 27.9 Å². The Morgan fingerprint density at radius 2 is 1.85 bits per heavy atom. The van der Waals surface area contributed by atoms with E-state index < -0.39 is 23.2 Å². The first-order valence-corrected chi connectivity index (χ1v) is 11.1. The molecular weight excluding hydrogens is 433 g/mol. The van der Waals surface area contributed by atoms with Gasteiger partial charge in [-0.25, -0.2) is 0 Å². The van der Waals surface area contributed by atoms with Crippen LogP contribution >= 0.6 is 0 Å². The van der Waals surface area contributed by atoms with Gasteiger partial charge in [0.15, 0.2) is 0 Å². The van der Waals surface area contributed by atoms with E-state index in [1.54, 1.807) is 23.1 Å². The Kier molecular flexibility index (Phi) is 5.99. The van der Waals surface area contributed by atoms with Gasteiger partial charge in [0.25, 0.3) is 5.91 Å². The van der Waals surface area contributed by atoms with E-state index in [1.165, 1.54) is 19.9 Å². The van der Waals surface area contributed by atoms with Gasteiger partial charge in [0, 0.05) is 25.6 Å². The highest BCUT2D eigenvalue weighted by Gasteiger charge is 2.34.